The van der Waals surface area contributed by atoms with Gasteiger partial charge in [-0.1, -0.05) is 0 Å². The lowest BCUT2D eigenvalue weighted by molar-refractivity contribution is 0.0680. The highest BCUT2D eigenvalue weighted by Crippen LogP contribution is 2.46. The number of hydrogen-bond acceptors (Lipinski definition) is 6. The van der Waals surface area contributed by atoms with Crippen LogP contribution in [-0.4, -0.2) is 53.5 Å². The second-order valence-corrected chi connectivity index (χ2v) is 6.62. The van der Waals surface area contributed by atoms with Crippen LogP contribution in [0.3, 0.4) is 0 Å². The molecule has 2 saturated carbocycles. The summed E-state index contributed by atoms with van der Waals surface area (Å²) in [6, 6.07) is 0. The van der Waals surface area contributed by atoms with E-state index in [4.69, 9.17) is 9.47 Å². The topological polar surface area (TPSA) is 84.8 Å². The van der Waals surface area contributed by atoms with Gasteiger partial charge < -0.3 is 19.5 Å². The zero-order valence-corrected chi connectivity index (χ0v) is 13.0. The van der Waals surface area contributed by atoms with Crippen molar-refractivity contribution in [3.63, 3.8) is 0 Å². The van der Waals surface area contributed by atoms with E-state index in [1.165, 1.54) is 25.5 Å². The maximum Gasteiger partial charge on any atom is 0.342 e. The highest BCUT2D eigenvalue weighted by Gasteiger charge is 2.41. The summed E-state index contributed by atoms with van der Waals surface area (Å²) in [4.78, 5) is 22.1. The quantitative estimate of drug-likeness (QED) is 0.901. The van der Waals surface area contributed by atoms with Crippen LogP contribution in [0.1, 0.15) is 36.0 Å². The molecule has 23 heavy (non-hydrogen) atoms. The van der Waals surface area contributed by atoms with E-state index in [0.717, 1.165) is 12.3 Å². The van der Waals surface area contributed by atoms with Crippen LogP contribution in [0.25, 0.3) is 0 Å². The average molecular weight is 319 g/mol. The van der Waals surface area contributed by atoms with E-state index in [1.54, 1.807) is 0 Å². The molecule has 1 N–H and O–H groups in total. The average Bonchev–Trinajstić information content (AvgIpc) is 3.18. The fourth-order valence-electron chi connectivity index (χ4n) is 3.98. The van der Waals surface area contributed by atoms with Gasteiger partial charge in [0.1, 0.15) is 11.7 Å². The number of aromatic carboxylic acids is 1. The Morgan fingerprint density at radius 1 is 1.30 bits per heavy atom. The van der Waals surface area contributed by atoms with Crippen LogP contribution in [0.4, 0.5) is 5.95 Å². The number of anilines is 1. The molecule has 0 aromatic carbocycles. The van der Waals surface area contributed by atoms with Crippen LogP contribution in [0.5, 0.6) is 5.88 Å². The number of carbonyl (C=O) groups is 1. The van der Waals surface area contributed by atoms with E-state index in [-0.39, 0.29) is 17.5 Å². The molecule has 0 spiro atoms. The minimum absolute atomic E-state index is 0.0461. The maximum atomic E-state index is 11.4. The standard InChI is InChI=1S/C16H21N3O4/c20-15(21)12-9-17-16(19-3-5-22-6-4-19)18-14(12)23-13-8-10-1-2-11(13)7-10/h9-11,13H,1-8H2,(H,20,21). The summed E-state index contributed by atoms with van der Waals surface area (Å²) in [7, 11) is 0. The van der Waals surface area contributed by atoms with Crippen molar-refractivity contribution in [3.05, 3.63) is 11.8 Å². The Kier molecular flexibility index (Phi) is 3.80. The van der Waals surface area contributed by atoms with Gasteiger partial charge in [-0.3, -0.25) is 0 Å². The van der Waals surface area contributed by atoms with E-state index in [2.05, 4.69) is 9.97 Å². The monoisotopic (exact) mass is 319 g/mol. The fraction of sp³-hybridized carbons (Fsp3) is 0.688. The van der Waals surface area contributed by atoms with Crippen LogP contribution in [0, 0.1) is 11.8 Å². The number of nitrogens with zero attached hydrogens (tertiary/aromatic N) is 3. The Bertz CT molecular complexity index is 603. The lowest BCUT2D eigenvalue weighted by Crippen LogP contribution is -2.37. The molecule has 1 aliphatic heterocycles. The number of carboxylic acid groups (broad SMARTS) is 1. The summed E-state index contributed by atoms with van der Waals surface area (Å²) in [6.07, 6.45) is 6.13. The molecule has 7 nitrogen and oxygen atoms in total. The Labute approximate surface area is 134 Å². The second kappa shape index (κ2) is 5.96. The van der Waals surface area contributed by atoms with Crippen LogP contribution >= 0.6 is 0 Å². The number of aromatic nitrogens is 2. The summed E-state index contributed by atoms with van der Waals surface area (Å²) in [6.45, 7) is 2.68. The molecule has 124 valence electrons. The predicted octanol–water partition coefficient (Wildman–Crippen LogP) is 1.58. The Morgan fingerprint density at radius 2 is 2.13 bits per heavy atom. The Morgan fingerprint density at radius 3 is 2.78 bits per heavy atom. The van der Waals surface area contributed by atoms with Gasteiger partial charge in [-0.15, -0.1) is 0 Å². The van der Waals surface area contributed by atoms with Crippen molar-refractivity contribution in [1.82, 2.24) is 9.97 Å². The molecule has 3 fully saturated rings. The highest BCUT2D eigenvalue weighted by molar-refractivity contribution is 5.89. The largest absolute Gasteiger partial charge is 0.477 e. The third kappa shape index (κ3) is 2.85. The van der Waals surface area contributed by atoms with Gasteiger partial charge in [0.05, 0.1) is 19.4 Å². The summed E-state index contributed by atoms with van der Waals surface area (Å²) >= 11 is 0. The predicted molar refractivity (Wildman–Crippen MR) is 81.9 cm³/mol. The SMILES string of the molecule is O=C(O)c1cnc(N2CCOCC2)nc1OC1CC2CCC1C2. The van der Waals surface area contributed by atoms with E-state index in [9.17, 15) is 9.90 Å². The molecule has 7 heteroatoms. The van der Waals surface area contributed by atoms with Crippen LogP contribution < -0.4 is 9.64 Å². The van der Waals surface area contributed by atoms with Crippen molar-refractivity contribution >= 4 is 11.9 Å². The smallest absolute Gasteiger partial charge is 0.342 e. The van der Waals surface area contributed by atoms with Gasteiger partial charge in [-0.05, 0) is 37.5 Å². The van der Waals surface area contributed by atoms with Crippen LogP contribution in [0.2, 0.25) is 0 Å². The molecule has 1 aromatic rings. The summed E-state index contributed by atoms with van der Waals surface area (Å²) in [5.41, 5.74) is 0.0461. The second-order valence-electron chi connectivity index (χ2n) is 6.62. The first kappa shape index (κ1) is 14.7. The molecule has 0 amide bonds. The normalized spacial score (nSPS) is 29.7. The number of fused-ring (bicyclic) bond motifs is 2. The minimum atomic E-state index is -1.04. The zero-order chi connectivity index (χ0) is 15.8. The van der Waals surface area contributed by atoms with Gasteiger partial charge in [-0.25, -0.2) is 9.78 Å². The summed E-state index contributed by atoms with van der Waals surface area (Å²) in [5.74, 6) is 0.974. The molecule has 2 bridgehead atoms. The molecule has 1 saturated heterocycles. The van der Waals surface area contributed by atoms with Crippen molar-refractivity contribution in [2.24, 2.45) is 11.8 Å². The van der Waals surface area contributed by atoms with E-state index >= 15 is 0 Å². The molecule has 2 aliphatic carbocycles. The number of carboxylic acids is 1. The number of hydrogen-bond donors (Lipinski definition) is 1. The summed E-state index contributed by atoms with van der Waals surface area (Å²) in [5, 5.41) is 9.38. The van der Waals surface area contributed by atoms with Crippen molar-refractivity contribution < 1.29 is 19.4 Å². The molecule has 0 radical (unpaired) electrons. The first-order chi connectivity index (χ1) is 11.2. The Hall–Kier alpha value is -1.89. The zero-order valence-electron chi connectivity index (χ0n) is 13.0. The minimum Gasteiger partial charge on any atom is -0.477 e. The number of ether oxygens (including phenoxy) is 2. The van der Waals surface area contributed by atoms with E-state index in [0.29, 0.717) is 38.2 Å². The van der Waals surface area contributed by atoms with Gasteiger partial charge in [0.25, 0.3) is 0 Å². The molecule has 4 rings (SSSR count). The third-order valence-electron chi connectivity index (χ3n) is 5.20. The van der Waals surface area contributed by atoms with Crippen LogP contribution in [-0.2, 0) is 4.74 Å². The van der Waals surface area contributed by atoms with E-state index < -0.39 is 5.97 Å². The van der Waals surface area contributed by atoms with Crippen molar-refractivity contribution in [2.75, 3.05) is 31.2 Å². The fourth-order valence-corrected chi connectivity index (χ4v) is 3.98. The van der Waals surface area contributed by atoms with Crippen molar-refractivity contribution in [1.29, 1.82) is 0 Å². The molecule has 3 atom stereocenters. The van der Waals surface area contributed by atoms with Crippen LogP contribution in [0.15, 0.2) is 6.20 Å². The molecular formula is C16H21N3O4. The first-order valence-corrected chi connectivity index (χ1v) is 8.30. The lowest BCUT2D eigenvalue weighted by atomic mass is 9.98. The number of morpholine rings is 1. The first-order valence-electron chi connectivity index (χ1n) is 8.30. The van der Waals surface area contributed by atoms with Gasteiger partial charge in [0.15, 0.2) is 0 Å². The van der Waals surface area contributed by atoms with Gasteiger partial charge in [-0.2, -0.15) is 4.98 Å². The number of rotatable bonds is 4. The lowest BCUT2D eigenvalue weighted by Gasteiger charge is -2.28. The van der Waals surface area contributed by atoms with E-state index in [1.807, 2.05) is 4.90 Å². The molecule has 1 aromatic heterocycles. The maximum absolute atomic E-state index is 11.4. The van der Waals surface area contributed by atoms with Gasteiger partial charge in [0, 0.05) is 13.1 Å². The molecule has 3 aliphatic rings. The van der Waals surface area contributed by atoms with Gasteiger partial charge in [0.2, 0.25) is 11.8 Å². The molecular weight excluding hydrogens is 298 g/mol. The van der Waals surface area contributed by atoms with Crippen molar-refractivity contribution in [3.8, 4) is 5.88 Å². The molecule has 2 heterocycles. The van der Waals surface area contributed by atoms with Gasteiger partial charge >= 0.3 is 5.97 Å². The highest BCUT2D eigenvalue weighted by atomic mass is 16.5. The summed E-state index contributed by atoms with van der Waals surface area (Å²) < 4.78 is 11.4. The third-order valence-corrected chi connectivity index (χ3v) is 5.20. The van der Waals surface area contributed by atoms with Crippen molar-refractivity contribution in [2.45, 2.75) is 31.8 Å². The Balaban J connectivity index is 1.58. The molecule has 3 unspecified atom stereocenters.